The van der Waals surface area contributed by atoms with Crippen LogP contribution >= 0.6 is 15.6 Å². The van der Waals surface area contributed by atoms with Crippen LogP contribution in [-0.4, -0.2) is 96.7 Å². The van der Waals surface area contributed by atoms with Crippen LogP contribution in [-0.2, 0) is 65.4 Å². The molecule has 3 N–H and O–H groups in total. The van der Waals surface area contributed by atoms with Crippen molar-refractivity contribution in [3.63, 3.8) is 0 Å². The Labute approximate surface area is 670 Å². The maximum absolute atomic E-state index is 13.2. The van der Waals surface area contributed by atoms with Gasteiger partial charge in [-0.1, -0.05) is 445 Å². The molecular weight excluding hydrogens is 1410 g/mol. The molecule has 0 aromatic rings. The molecule has 0 rings (SSSR count). The minimum Gasteiger partial charge on any atom is -0.462 e. The smallest absolute Gasteiger partial charge is 0.462 e. The Morgan fingerprint density at radius 3 is 0.541 bits per heavy atom. The lowest BCUT2D eigenvalue weighted by molar-refractivity contribution is -0.161. The van der Waals surface area contributed by atoms with E-state index in [4.69, 9.17) is 37.0 Å². The van der Waals surface area contributed by atoms with Crippen molar-refractivity contribution in [2.75, 3.05) is 39.6 Å². The summed E-state index contributed by atoms with van der Waals surface area (Å²) in [4.78, 5) is 73.3. The second-order valence-electron chi connectivity index (χ2n) is 32.3. The predicted molar refractivity (Wildman–Crippen MR) is 451 cm³/mol. The number of hydrogen-bond donors (Lipinski definition) is 3. The molecule has 0 aromatic heterocycles. The molecule has 0 aliphatic carbocycles. The van der Waals surface area contributed by atoms with Crippen LogP contribution < -0.4 is 0 Å². The van der Waals surface area contributed by atoms with Gasteiger partial charge in [0.15, 0.2) is 12.2 Å². The van der Waals surface area contributed by atoms with Gasteiger partial charge in [-0.2, -0.15) is 0 Å². The Balaban J connectivity index is 5.21. The maximum Gasteiger partial charge on any atom is 0.472 e. The highest BCUT2D eigenvalue weighted by molar-refractivity contribution is 7.47. The lowest BCUT2D eigenvalue weighted by Crippen LogP contribution is -2.30. The average molecular weight is 1590 g/mol. The predicted octanol–water partition coefficient (Wildman–Crippen LogP) is 28.1. The molecule has 5 atom stereocenters. The number of carbonyl (C=O) groups is 4. The monoisotopic (exact) mass is 1590 g/mol. The highest BCUT2D eigenvalue weighted by atomic mass is 31.2. The van der Waals surface area contributed by atoms with Crippen LogP contribution in [0.3, 0.4) is 0 Å². The maximum atomic E-state index is 13.2. The molecule has 109 heavy (non-hydrogen) atoms. The molecule has 0 radical (unpaired) electrons. The summed E-state index contributed by atoms with van der Waals surface area (Å²) in [5.74, 6) is -2.09. The summed E-state index contributed by atoms with van der Waals surface area (Å²) in [6.07, 6.45) is 80.7. The first-order chi connectivity index (χ1) is 53.2. The van der Waals surface area contributed by atoms with E-state index in [0.717, 1.165) is 89.9 Å². The summed E-state index contributed by atoms with van der Waals surface area (Å²) in [5, 5.41) is 10.7. The Hall–Kier alpha value is -1.94. The third-order valence-electron chi connectivity index (χ3n) is 21.4. The molecule has 2 unspecified atom stereocenters. The van der Waals surface area contributed by atoms with E-state index in [1.54, 1.807) is 0 Å². The lowest BCUT2D eigenvalue weighted by atomic mass is 10.0. The topological polar surface area (TPSA) is 237 Å². The molecule has 0 bridgehead atoms. The number of ether oxygens (including phenoxy) is 4. The summed E-state index contributed by atoms with van der Waals surface area (Å²) < 4.78 is 69.0. The minimum atomic E-state index is -4.97. The van der Waals surface area contributed by atoms with E-state index in [-0.39, 0.29) is 25.7 Å². The van der Waals surface area contributed by atoms with Crippen molar-refractivity contribution in [2.45, 2.75) is 515 Å². The molecule has 0 amide bonds. The molecular formula is C90H176O17P2. The Morgan fingerprint density at radius 2 is 0.367 bits per heavy atom. The Kier molecular flexibility index (Phi) is 82.5. The molecule has 0 spiro atoms. The summed E-state index contributed by atoms with van der Waals surface area (Å²) >= 11 is 0. The number of unbranched alkanes of at least 4 members (excludes halogenated alkanes) is 65. The van der Waals surface area contributed by atoms with Crippen molar-refractivity contribution in [1.82, 2.24) is 0 Å². The molecule has 648 valence electrons. The Bertz CT molecular complexity index is 2050. The van der Waals surface area contributed by atoms with Gasteiger partial charge < -0.3 is 33.8 Å². The SMILES string of the molecule is CCCCCCCCCCCCCCCCCCCCCCCCC(=O)O[C@H](COC(=O)CCCCCCCCCCCCCCCCCCCCCCC)COP(=O)(O)OC[C@@H](O)COP(=O)(O)OC[C@@H](COC(=O)CCCCCCCCCCCCC)OC(=O)CCCCCCCCCCCCCCCCC. The van der Waals surface area contributed by atoms with E-state index >= 15 is 0 Å². The number of esters is 4. The number of carbonyl (C=O) groups excluding carboxylic acids is 4. The molecule has 0 aliphatic heterocycles. The molecule has 0 fully saturated rings. The zero-order chi connectivity index (χ0) is 79.6. The third-order valence-corrected chi connectivity index (χ3v) is 23.3. The normalized spacial score (nSPS) is 13.6. The van der Waals surface area contributed by atoms with Crippen LogP contribution in [0.25, 0.3) is 0 Å². The van der Waals surface area contributed by atoms with Crippen molar-refractivity contribution in [2.24, 2.45) is 0 Å². The van der Waals surface area contributed by atoms with Gasteiger partial charge in [0, 0.05) is 25.7 Å². The fraction of sp³-hybridized carbons (Fsp3) is 0.956. The highest BCUT2D eigenvalue weighted by Crippen LogP contribution is 2.45. The largest absolute Gasteiger partial charge is 0.472 e. The van der Waals surface area contributed by atoms with Gasteiger partial charge in [-0.3, -0.25) is 37.3 Å². The first-order valence-corrected chi connectivity index (χ1v) is 49.8. The van der Waals surface area contributed by atoms with Gasteiger partial charge in [-0.05, 0) is 25.7 Å². The van der Waals surface area contributed by atoms with Crippen molar-refractivity contribution in [3.05, 3.63) is 0 Å². The van der Waals surface area contributed by atoms with Gasteiger partial charge in [0.2, 0.25) is 0 Å². The minimum absolute atomic E-state index is 0.109. The van der Waals surface area contributed by atoms with Crippen LogP contribution in [0.1, 0.15) is 496 Å². The standard InChI is InChI=1S/C90H176O17P2/c1-5-9-13-17-21-25-29-32-35-37-39-41-43-45-47-50-53-57-61-65-69-73-77-90(95)107-86(81-101-88(93)75-71-67-63-59-55-51-49-46-44-42-40-38-36-33-30-26-22-18-14-10-6-2)83-105-109(98,99)103-79-84(91)78-102-108(96,97)104-82-85(80-100-87(92)74-70-66-62-58-54-28-24-20-16-12-8-4)106-89(94)76-72-68-64-60-56-52-48-34-31-27-23-19-15-11-7-3/h84-86,91H,5-83H2,1-4H3,(H,96,97)(H,98,99)/t84-,85+,86+/m0/s1. The second kappa shape index (κ2) is 84.0. The summed E-state index contributed by atoms with van der Waals surface area (Å²) in [6, 6.07) is 0. The average Bonchev–Trinajstić information content (AvgIpc) is 0.903. The number of rotatable bonds is 91. The first-order valence-electron chi connectivity index (χ1n) is 46.8. The van der Waals surface area contributed by atoms with Gasteiger partial charge in [0.25, 0.3) is 0 Å². The molecule has 0 aromatic carbocycles. The van der Waals surface area contributed by atoms with E-state index < -0.39 is 97.5 Å². The van der Waals surface area contributed by atoms with E-state index in [0.29, 0.717) is 25.7 Å². The van der Waals surface area contributed by atoms with E-state index in [1.807, 2.05) is 0 Å². The zero-order valence-corrected chi connectivity index (χ0v) is 73.3. The van der Waals surface area contributed by atoms with Gasteiger partial charge in [0.1, 0.15) is 19.3 Å². The van der Waals surface area contributed by atoms with Gasteiger partial charge in [-0.15, -0.1) is 0 Å². The molecule has 19 heteroatoms. The number of aliphatic hydroxyl groups is 1. The van der Waals surface area contributed by atoms with Crippen molar-refractivity contribution in [1.29, 1.82) is 0 Å². The number of aliphatic hydroxyl groups excluding tert-OH is 1. The first kappa shape index (κ1) is 107. The fourth-order valence-electron chi connectivity index (χ4n) is 14.2. The number of hydrogen-bond acceptors (Lipinski definition) is 15. The van der Waals surface area contributed by atoms with Gasteiger partial charge in [0.05, 0.1) is 26.4 Å². The zero-order valence-electron chi connectivity index (χ0n) is 71.5. The van der Waals surface area contributed by atoms with Crippen LogP contribution in [0.2, 0.25) is 0 Å². The van der Waals surface area contributed by atoms with Crippen LogP contribution in [0.5, 0.6) is 0 Å². The molecule has 0 heterocycles. The summed E-state index contributed by atoms with van der Waals surface area (Å²) in [5.41, 5.74) is 0. The van der Waals surface area contributed by atoms with Crippen LogP contribution in [0, 0.1) is 0 Å². The number of phosphoric ester groups is 2. The second-order valence-corrected chi connectivity index (χ2v) is 35.3. The van der Waals surface area contributed by atoms with E-state index in [2.05, 4.69) is 27.7 Å². The Morgan fingerprint density at radius 1 is 0.220 bits per heavy atom. The summed E-state index contributed by atoms with van der Waals surface area (Å²) in [6.45, 7) is 5.07. The van der Waals surface area contributed by atoms with Gasteiger partial charge >= 0.3 is 39.5 Å². The molecule has 0 aliphatic rings. The fourth-order valence-corrected chi connectivity index (χ4v) is 15.8. The van der Waals surface area contributed by atoms with Crippen molar-refractivity contribution < 1.29 is 80.2 Å². The molecule has 17 nitrogen and oxygen atoms in total. The van der Waals surface area contributed by atoms with Crippen LogP contribution in [0.4, 0.5) is 0 Å². The van der Waals surface area contributed by atoms with Crippen molar-refractivity contribution in [3.8, 4) is 0 Å². The highest BCUT2D eigenvalue weighted by Gasteiger charge is 2.30. The lowest BCUT2D eigenvalue weighted by Gasteiger charge is -2.21. The van der Waals surface area contributed by atoms with E-state index in [9.17, 15) is 43.2 Å². The quantitative estimate of drug-likeness (QED) is 0.0222. The van der Waals surface area contributed by atoms with Crippen molar-refractivity contribution >= 4 is 39.5 Å². The summed E-state index contributed by atoms with van der Waals surface area (Å²) in [7, 11) is -9.93. The third kappa shape index (κ3) is 83.8. The molecule has 0 saturated carbocycles. The van der Waals surface area contributed by atoms with Gasteiger partial charge in [-0.25, -0.2) is 9.13 Å². The van der Waals surface area contributed by atoms with E-state index in [1.165, 1.54) is 327 Å². The number of phosphoric acid groups is 2. The van der Waals surface area contributed by atoms with Crippen LogP contribution in [0.15, 0.2) is 0 Å². The molecule has 0 saturated heterocycles.